The van der Waals surface area contributed by atoms with E-state index in [0.29, 0.717) is 12.0 Å². The van der Waals surface area contributed by atoms with Gasteiger partial charge in [0.05, 0.1) is 5.60 Å². The van der Waals surface area contributed by atoms with Gasteiger partial charge in [-0.05, 0) is 31.6 Å². The molecule has 0 aliphatic carbocycles. The van der Waals surface area contributed by atoms with Crippen molar-refractivity contribution in [2.45, 2.75) is 53.6 Å². The van der Waals surface area contributed by atoms with Gasteiger partial charge in [-0.3, -0.25) is 0 Å². The standard InChI is InChI=1S/C12H27NO/c1-10(2)7-11(3,4)8-13-9-12(5,6)14/h10,13-14H,7-9H2,1-6H3. The maximum atomic E-state index is 9.53. The molecular formula is C12H27NO. The van der Waals surface area contributed by atoms with Gasteiger partial charge in [-0.2, -0.15) is 0 Å². The van der Waals surface area contributed by atoms with Crippen molar-refractivity contribution in [2.75, 3.05) is 13.1 Å². The third-order valence-corrected chi connectivity index (χ3v) is 2.12. The average Bonchev–Trinajstić information content (AvgIpc) is 1.78. The molecule has 0 aromatic rings. The Labute approximate surface area is 89.1 Å². The molecule has 0 unspecified atom stereocenters. The van der Waals surface area contributed by atoms with Gasteiger partial charge in [-0.15, -0.1) is 0 Å². The Morgan fingerprint density at radius 2 is 1.57 bits per heavy atom. The highest BCUT2D eigenvalue weighted by Crippen LogP contribution is 2.24. The summed E-state index contributed by atoms with van der Waals surface area (Å²) in [7, 11) is 0. The fourth-order valence-corrected chi connectivity index (χ4v) is 1.88. The van der Waals surface area contributed by atoms with Gasteiger partial charge in [0.1, 0.15) is 0 Å². The van der Waals surface area contributed by atoms with Crippen LogP contribution in [-0.2, 0) is 0 Å². The van der Waals surface area contributed by atoms with Crippen LogP contribution in [0, 0.1) is 11.3 Å². The number of nitrogens with one attached hydrogen (secondary N) is 1. The normalized spacial score (nSPS) is 13.7. The largest absolute Gasteiger partial charge is 0.389 e. The monoisotopic (exact) mass is 201 g/mol. The zero-order chi connectivity index (χ0) is 11.4. The molecule has 0 saturated carbocycles. The lowest BCUT2D eigenvalue weighted by Gasteiger charge is -2.28. The van der Waals surface area contributed by atoms with Crippen LogP contribution in [0.4, 0.5) is 0 Å². The van der Waals surface area contributed by atoms with Crippen molar-refractivity contribution < 1.29 is 5.11 Å². The Balaban J connectivity index is 3.76. The van der Waals surface area contributed by atoms with E-state index in [1.54, 1.807) is 0 Å². The molecule has 14 heavy (non-hydrogen) atoms. The molecule has 0 aromatic heterocycles. The van der Waals surface area contributed by atoms with Crippen LogP contribution in [0.15, 0.2) is 0 Å². The van der Waals surface area contributed by atoms with Crippen LogP contribution in [0.3, 0.4) is 0 Å². The highest BCUT2D eigenvalue weighted by atomic mass is 16.3. The molecule has 0 aliphatic heterocycles. The summed E-state index contributed by atoms with van der Waals surface area (Å²) in [6, 6.07) is 0. The minimum atomic E-state index is -0.603. The van der Waals surface area contributed by atoms with Crippen molar-refractivity contribution in [3.63, 3.8) is 0 Å². The predicted molar refractivity (Wildman–Crippen MR) is 62.4 cm³/mol. The summed E-state index contributed by atoms with van der Waals surface area (Å²) >= 11 is 0. The molecule has 0 heterocycles. The lowest BCUT2D eigenvalue weighted by atomic mass is 9.84. The van der Waals surface area contributed by atoms with E-state index in [4.69, 9.17) is 0 Å². The van der Waals surface area contributed by atoms with Gasteiger partial charge >= 0.3 is 0 Å². The molecule has 0 aromatic carbocycles. The molecule has 0 bridgehead atoms. The first-order valence-corrected chi connectivity index (χ1v) is 5.55. The van der Waals surface area contributed by atoms with Crippen LogP contribution in [-0.4, -0.2) is 23.8 Å². The second kappa shape index (κ2) is 5.13. The number of aliphatic hydroxyl groups is 1. The van der Waals surface area contributed by atoms with E-state index < -0.39 is 5.60 Å². The summed E-state index contributed by atoms with van der Waals surface area (Å²) in [5.41, 5.74) is -0.284. The second-order valence-electron chi connectivity index (χ2n) is 6.18. The fraction of sp³-hybridized carbons (Fsp3) is 1.00. The molecule has 0 aliphatic rings. The van der Waals surface area contributed by atoms with E-state index in [1.165, 1.54) is 6.42 Å². The molecule has 0 spiro atoms. The van der Waals surface area contributed by atoms with Crippen molar-refractivity contribution in [1.29, 1.82) is 0 Å². The van der Waals surface area contributed by atoms with Crippen molar-refractivity contribution in [2.24, 2.45) is 11.3 Å². The van der Waals surface area contributed by atoms with E-state index in [-0.39, 0.29) is 0 Å². The molecule has 86 valence electrons. The first-order chi connectivity index (χ1) is 6.12. The van der Waals surface area contributed by atoms with Crippen LogP contribution in [0.5, 0.6) is 0 Å². The van der Waals surface area contributed by atoms with E-state index in [0.717, 1.165) is 12.5 Å². The number of rotatable bonds is 6. The summed E-state index contributed by atoms with van der Waals surface area (Å²) < 4.78 is 0. The van der Waals surface area contributed by atoms with Crippen LogP contribution >= 0.6 is 0 Å². The fourth-order valence-electron chi connectivity index (χ4n) is 1.88. The van der Waals surface area contributed by atoms with Crippen LogP contribution < -0.4 is 5.32 Å². The molecule has 2 heteroatoms. The van der Waals surface area contributed by atoms with Crippen LogP contribution in [0.2, 0.25) is 0 Å². The average molecular weight is 201 g/mol. The van der Waals surface area contributed by atoms with E-state index in [9.17, 15) is 5.11 Å². The highest BCUT2D eigenvalue weighted by Gasteiger charge is 2.20. The Morgan fingerprint density at radius 1 is 1.07 bits per heavy atom. The maximum Gasteiger partial charge on any atom is 0.0715 e. The van der Waals surface area contributed by atoms with Gasteiger partial charge in [0.2, 0.25) is 0 Å². The van der Waals surface area contributed by atoms with Crippen molar-refractivity contribution >= 4 is 0 Å². The number of hydrogen-bond acceptors (Lipinski definition) is 2. The number of hydrogen-bond donors (Lipinski definition) is 2. The minimum absolute atomic E-state index is 0.319. The Bertz CT molecular complexity index is 156. The summed E-state index contributed by atoms with van der Waals surface area (Å²) in [6.45, 7) is 14.3. The highest BCUT2D eigenvalue weighted by molar-refractivity contribution is 4.76. The summed E-state index contributed by atoms with van der Waals surface area (Å²) in [5.74, 6) is 0.730. The zero-order valence-corrected chi connectivity index (χ0v) is 10.6. The molecule has 0 atom stereocenters. The molecule has 0 saturated heterocycles. The van der Waals surface area contributed by atoms with Gasteiger partial charge < -0.3 is 10.4 Å². The summed E-state index contributed by atoms with van der Waals surface area (Å²) in [5, 5.41) is 12.9. The van der Waals surface area contributed by atoms with Gasteiger partial charge in [0.15, 0.2) is 0 Å². The van der Waals surface area contributed by atoms with Crippen molar-refractivity contribution in [1.82, 2.24) is 5.32 Å². The molecule has 0 fully saturated rings. The van der Waals surface area contributed by atoms with Crippen molar-refractivity contribution in [3.8, 4) is 0 Å². The van der Waals surface area contributed by atoms with E-state index >= 15 is 0 Å². The zero-order valence-electron chi connectivity index (χ0n) is 10.6. The van der Waals surface area contributed by atoms with Crippen molar-refractivity contribution in [3.05, 3.63) is 0 Å². The smallest absolute Gasteiger partial charge is 0.0715 e. The van der Waals surface area contributed by atoms with Crippen LogP contribution in [0.1, 0.15) is 48.0 Å². The summed E-state index contributed by atoms with van der Waals surface area (Å²) in [6.07, 6.45) is 1.21. The lowest BCUT2D eigenvalue weighted by Crippen LogP contribution is -2.39. The topological polar surface area (TPSA) is 32.3 Å². The lowest BCUT2D eigenvalue weighted by molar-refractivity contribution is 0.0760. The molecule has 0 amide bonds. The quantitative estimate of drug-likeness (QED) is 0.692. The first-order valence-electron chi connectivity index (χ1n) is 5.55. The van der Waals surface area contributed by atoms with E-state index in [2.05, 4.69) is 33.0 Å². The SMILES string of the molecule is CC(C)CC(C)(C)CNCC(C)(C)O. The molecule has 0 radical (unpaired) electrons. The van der Waals surface area contributed by atoms with Gasteiger partial charge in [-0.1, -0.05) is 27.7 Å². The molecular weight excluding hydrogens is 174 g/mol. The summed E-state index contributed by atoms with van der Waals surface area (Å²) in [4.78, 5) is 0. The van der Waals surface area contributed by atoms with Crippen LogP contribution in [0.25, 0.3) is 0 Å². The van der Waals surface area contributed by atoms with Gasteiger partial charge in [0, 0.05) is 13.1 Å². The first kappa shape index (κ1) is 13.9. The van der Waals surface area contributed by atoms with E-state index in [1.807, 2.05) is 13.8 Å². The third-order valence-electron chi connectivity index (χ3n) is 2.12. The Kier molecular flexibility index (Phi) is 5.10. The second-order valence-corrected chi connectivity index (χ2v) is 6.18. The third kappa shape index (κ3) is 8.52. The molecule has 2 N–H and O–H groups in total. The Morgan fingerprint density at radius 3 is 1.93 bits per heavy atom. The van der Waals surface area contributed by atoms with Gasteiger partial charge in [-0.25, -0.2) is 0 Å². The van der Waals surface area contributed by atoms with Gasteiger partial charge in [0.25, 0.3) is 0 Å². The minimum Gasteiger partial charge on any atom is -0.389 e. The maximum absolute atomic E-state index is 9.53. The molecule has 2 nitrogen and oxygen atoms in total. The Hall–Kier alpha value is -0.0800. The molecule has 0 rings (SSSR count). The predicted octanol–water partition coefficient (Wildman–Crippen LogP) is 2.42.